The van der Waals surface area contributed by atoms with E-state index in [4.69, 9.17) is 10.1 Å². The Balaban J connectivity index is 1.99. The molecule has 1 atom stereocenters. The Hall–Kier alpha value is -2.41. The molecule has 2 aromatic heterocycles. The zero-order valence-corrected chi connectivity index (χ0v) is 15.4. The molecule has 7 heteroatoms. The average Bonchev–Trinajstić information content (AvgIpc) is 2.62. The summed E-state index contributed by atoms with van der Waals surface area (Å²) in [5, 5.41) is 12.0. The van der Waals surface area contributed by atoms with Crippen LogP contribution < -0.4 is 15.8 Å². The van der Waals surface area contributed by atoms with E-state index in [9.17, 15) is 9.59 Å². The van der Waals surface area contributed by atoms with Gasteiger partial charge in [-0.15, -0.1) is 0 Å². The number of piperidine rings is 1. The van der Waals surface area contributed by atoms with Gasteiger partial charge in [0, 0.05) is 43.5 Å². The second-order valence-corrected chi connectivity index (χ2v) is 6.99. The fourth-order valence-corrected chi connectivity index (χ4v) is 3.47. The van der Waals surface area contributed by atoms with Crippen molar-refractivity contribution < 1.29 is 9.90 Å². The van der Waals surface area contributed by atoms with Gasteiger partial charge >= 0.3 is 5.97 Å². The lowest BCUT2D eigenvalue weighted by molar-refractivity contribution is -0.136. The number of aromatic nitrogens is 2. The summed E-state index contributed by atoms with van der Waals surface area (Å²) in [5.41, 5.74) is 2.43. The van der Waals surface area contributed by atoms with E-state index >= 15 is 0 Å². The third kappa shape index (κ3) is 4.04. The molecule has 1 fully saturated rings. The van der Waals surface area contributed by atoms with Crippen LogP contribution in [-0.2, 0) is 4.79 Å². The van der Waals surface area contributed by atoms with Gasteiger partial charge in [0.2, 0.25) is 0 Å². The summed E-state index contributed by atoms with van der Waals surface area (Å²) >= 11 is 0. The highest BCUT2D eigenvalue weighted by molar-refractivity contribution is 5.66. The van der Waals surface area contributed by atoms with Crippen LogP contribution in [0.4, 0.5) is 5.82 Å². The van der Waals surface area contributed by atoms with Crippen LogP contribution in [0.1, 0.15) is 49.8 Å². The van der Waals surface area contributed by atoms with Crippen LogP contribution in [0.5, 0.6) is 0 Å². The molecule has 140 valence electrons. The Morgan fingerprint density at radius 2 is 2.04 bits per heavy atom. The van der Waals surface area contributed by atoms with E-state index in [1.165, 1.54) is 6.42 Å². The number of anilines is 1. The Morgan fingerprint density at radius 3 is 2.73 bits per heavy atom. The number of carboxylic acid groups (broad SMARTS) is 1. The number of carboxylic acids is 1. The van der Waals surface area contributed by atoms with Crippen molar-refractivity contribution in [3.63, 3.8) is 0 Å². The first-order valence-corrected chi connectivity index (χ1v) is 9.20. The fourth-order valence-electron chi connectivity index (χ4n) is 3.47. The van der Waals surface area contributed by atoms with Crippen molar-refractivity contribution in [1.29, 1.82) is 0 Å². The Bertz CT molecular complexity index is 856. The Morgan fingerprint density at radius 1 is 1.31 bits per heavy atom. The van der Waals surface area contributed by atoms with Crippen LogP contribution >= 0.6 is 0 Å². The molecule has 3 heterocycles. The third-order valence-corrected chi connectivity index (χ3v) is 4.85. The monoisotopic (exact) mass is 358 g/mol. The maximum absolute atomic E-state index is 12.7. The summed E-state index contributed by atoms with van der Waals surface area (Å²) in [6, 6.07) is 3.53. The molecular weight excluding hydrogens is 332 g/mol. The predicted molar refractivity (Wildman–Crippen MR) is 101 cm³/mol. The van der Waals surface area contributed by atoms with Crippen molar-refractivity contribution in [3.8, 4) is 0 Å². The molecule has 0 aliphatic carbocycles. The lowest BCUT2D eigenvalue weighted by Crippen LogP contribution is -2.32. The van der Waals surface area contributed by atoms with Gasteiger partial charge in [0.1, 0.15) is 11.5 Å². The highest BCUT2D eigenvalue weighted by Gasteiger charge is 2.17. The summed E-state index contributed by atoms with van der Waals surface area (Å²) in [6.07, 6.45) is 5.32. The van der Waals surface area contributed by atoms with Crippen LogP contribution in [0.15, 0.2) is 23.1 Å². The summed E-state index contributed by atoms with van der Waals surface area (Å²) < 4.78 is 1.59. The standard InChI is InChI=1S/C19H26N4O3/c1-13-10-15(14(2)20-7-6-18(25)26)19-21-16(11-17(24)23(19)12-13)22-8-4-3-5-9-22/h10-12,14,20H,3-9H2,1-2H3,(H,25,26). The van der Waals surface area contributed by atoms with Gasteiger partial charge in [-0.1, -0.05) is 0 Å². The molecule has 0 aromatic carbocycles. The molecule has 0 amide bonds. The van der Waals surface area contributed by atoms with Crippen molar-refractivity contribution in [2.45, 2.75) is 45.6 Å². The zero-order chi connectivity index (χ0) is 18.7. The van der Waals surface area contributed by atoms with Gasteiger partial charge < -0.3 is 15.3 Å². The zero-order valence-electron chi connectivity index (χ0n) is 15.4. The number of pyridine rings is 1. The third-order valence-electron chi connectivity index (χ3n) is 4.85. The van der Waals surface area contributed by atoms with Crippen LogP contribution in [0.3, 0.4) is 0 Å². The molecule has 1 aliphatic heterocycles. The number of nitrogens with one attached hydrogen (secondary N) is 1. The van der Waals surface area contributed by atoms with Crippen molar-refractivity contribution in [2.75, 3.05) is 24.5 Å². The Kier molecular flexibility index (Phi) is 5.56. The largest absolute Gasteiger partial charge is 0.481 e. The second-order valence-electron chi connectivity index (χ2n) is 6.99. The summed E-state index contributed by atoms with van der Waals surface area (Å²) in [6.45, 7) is 6.13. The maximum atomic E-state index is 12.7. The Labute approximate surface area is 152 Å². The molecule has 1 unspecified atom stereocenters. The van der Waals surface area contributed by atoms with Crippen molar-refractivity contribution in [3.05, 3.63) is 39.8 Å². The summed E-state index contributed by atoms with van der Waals surface area (Å²) in [4.78, 5) is 30.4. The van der Waals surface area contributed by atoms with Gasteiger partial charge in [-0.2, -0.15) is 0 Å². The SMILES string of the molecule is Cc1cc(C(C)NCCC(=O)O)c2nc(N3CCCCC3)cc(=O)n2c1. The van der Waals surface area contributed by atoms with E-state index in [-0.39, 0.29) is 18.0 Å². The molecule has 1 aliphatic rings. The lowest BCUT2D eigenvalue weighted by Gasteiger charge is -2.28. The number of fused-ring (bicyclic) bond motifs is 1. The van der Waals surface area contributed by atoms with E-state index in [2.05, 4.69) is 10.2 Å². The van der Waals surface area contributed by atoms with Crippen molar-refractivity contribution in [1.82, 2.24) is 14.7 Å². The molecule has 0 spiro atoms. The number of hydrogen-bond donors (Lipinski definition) is 2. The molecule has 2 N–H and O–H groups in total. The minimum atomic E-state index is -0.833. The normalized spacial score (nSPS) is 16.0. The second kappa shape index (κ2) is 7.86. The fraction of sp³-hybridized carbons (Fsp3) is 0.526. The molecule has 2 aromatic rings. The van der Waals surface area contributed by atoms with Gasteiger partial charge in [0.25, 0.3) is 5.56 Å². The minimum absolute atomic E-state index is 0.0560. The van der Waals surface area contributed by atoms with Crippen LogP contribution in [0.25, 0.3) is 5.65 Å². The van der Waals surface area contributed by atoms with Gasteiger partial charge in [-0.05, 0) is 44.7 Å². The smallest absolute Gasteiger partial charge is 0.304 e. The average molecular weight is 358 g/mol. The maximum Gasteiger partial charge on any atom is 0.304 e. The quantitative estimate of drug-likeness (QED) is 0.822. The number of aryl methyl sites for hydroxylation is 1. The van der Waals surface area contributed by atoms with Gasteiger partial charge in [0.15, 0.2) is 0 Å². The molecule has 1 saturated heterocycles. The molecule has 26 heavy (non-hydrogen) atoms. The topological polar surface area (TPSA) is 86.9 Å². The number of rotatable bonds is 6. The molecule has 7 nitrogen and oxygen atoms in total. The summed E-state index contributed by atoms with van der Waals surface area (Å²) in [5.74, 6) is -0.0990. The van der Waals surface area contributed by atoms with E-state index in [1.54, 1.807) is 16.7 Å². The molecule has 3 rings (SSSR count). The first kappa shape index (κ1) is 18.4. The molecular formula is C19H26N4O3. The molecule has 0 radical (unpaired) electrons. The van der Waals surface area contributed by atoms with Crippen LogP contribution in [-0.4, -0.2) is 40.1 Å². The first-order valence-electron chi connectivity index (χ1n) is 9.20. The predicted octanol–water partition coefficient (Wildman–Crippen LogP) is 2.12. The van der Waals surface area contributed by atoms with Crippen molar-refractivity contribution >= 4 is 17.4 Å². The lowest BCUT2D eigenvalue weighted by atomic mass is 10.1. The number of aliphatic carboxylic acids is 1. The molecule has 0 saturated carbocycles. The van der Waals surface area contributed by atoms with Crippen LogP contribution in [0.2, 0.25) is 0 Å². The van der Waals surface area contributed by atoms with Gasteiger partial charge in [0.05, 0.1) is 6.42 Å². The molecule has 0 bridgehead atoms. The van der Waals surface area contributed by atoms with E-state index < -0.39 is 5.97 Å². The van der Waals surface area contributed by atoms with Gasteiger partial charge in [-0.25, -0.2) is 4.98 Å². The van der Waals surface area contributed by atoms with E-state index in [0.717, 1.165) is 42.9 Å². The van der Waals surface area contributed by atoms with Gasteiger partial charge in [-0.3, -0.25) is 14.0 Å². The number of carbonyl (C=O) groups is 1. The highest BCUT2D eigenvalue weighted by Crippen LogP contribution is 2.22. The summed E-state index contributed by atoms with van der Waals surface area (Å²) in [7, 11) is 0. The van der Waals surface area contributed by atoms with Crippen molar-refractivity contribution in [2.24, 2.45) is 0 Å². The first-order chi connectivity index (χ1) is 12.5. The van der Waals surface area contributed by atoms with Crippen LogP contribution in [0, 0.1) is 6.92 Å². The minimum Gasteiger partial charge on any atom is -0.481 e. The van der Waals surface area contributed by atoms with E-state index in [1.807, 2.05) is 19.9 Å². The number of hydrogen-bond acceptors (Lipinski definition) is 5. The highest BCUT2D eigenvalue weighted by atomic mass is 16.4. The number of nitrogens with zero attached hydrogens (tertiary/aromatic N) is 3. The van der Waals surface area contributed by atoms with E-state index in [0.29, 0.717) is 12.2 Å².